The molecule has 1 rings (SSSR count). The van der Waals surface area contributed by atoms with Gasteiger partial charge in [0.2, 0.25) is 0 Å². The minimum atomic E-state index is -1.03. The molecule has 0 amide bonds. The van der Waals surface area contributed by atoms with Crippen molar-refractivity contribution in [1.82, 2.24) is 0 Å². The number of phenols is 1. The molecule has 0 saturated heterocycles. The first-order valence-electron chi connectivity index (χ1n) is 6.58. The maximum Gasteiger partial charge on any atom is 0.342 e. The number of aromatic hydroxyl groups is 1. The van der Waals surface area contributed by atoms with E-state index >= 15 is 0 Å². The highest BCUT2D eigenvalue weighted by molar-refractivity contribution is 6.14. The minimum absolute atomic E-state index is 0.232. The summed E-state index contributed by atoms with van der Waals surface area (Å²) in [5, 5.41) is 9.92. The van der Waals surface area contributed by atoms with Gasteiger partial charge in [-0.1, -0.05) is 0 Å². The standard InChI is InChI=1S/C15H19NO7/c1-15(2,3)23-14(20)9-7(16)6-8(17)10(12(18)21-4)11(9)13(19)22-5/h6,17H,16H2,1-5H3. The van der Waals surface area contributed by atoms with E-state index in [9.17, 15) is 19.5 Å². The van der Waals surface area contributed by atoms with E-state index in [2.05, 4.69) is 9.47 Å². The summed E-state index contributed by atoms with van der Waals surface area (Å²) in [6.45, 7) is 4.88. The Morgan fingerprint density at radius 3 is 1.87 bits per heavy atom. The topological polar surface area (TPSA) is 125 Å². The summed E-state index contributed by atoms with van der Waals surface area (Å²) < 4.78 is 14.3. The normalized spacial score (nSPS) is 10.8. The number of benzene rings is 1. The van der Waals surface area contributed by atoms with Crippen molar-refractivity contribution in [1.29, 1.82) is 0 Å². The molecule has 0 heterocycles. The maximum atomic E-state index is 12.4. The van der Waals surface area contributed by atoms with Crippen LogP contribution < -0.4 is 5.73 Å². The Kier molecular flexibility index (Phi) is 5.21. The van der Waals surface area contributed by atoms with E-state index in [-0.39, 0.29) is 11.3 Å². The average Bonchev–Trinajstić information content (AvgIpc) is 2.42. The lowest BCUT2D eigenvalue weighted by atomic mass is 9.97. The number of esters is 3. The van der Waals surface area contributed by atoms with Gasteiger partial charge in [0.1, 0.15) is 16.9 Å². The molecule has 0 aliphatic heterocycles. The van der Waals surface area contributed by atoms with Crippen LogP contribution in [-0.4, -0.2) is 42.8 Å². The highest BCUT2D eigenvalue weighted by Crippen LogP contribution is 2.32. The molecule has 0 saturated carbocycles. The second kappa shape index (κ2) is 6.55. The van der Waals surface area contributed by atoms with Crippen LogP contribution in [0, 0.1) is 0 Å². The third kappa shape index (κ3) is 3.91. The van der Waals surface area contributed by atoms with Gasteiger partial charge in [-0.05, 0) is 20.8 Å². The largest absolute Gasteiger partial charge is 0.507 e. The molecular weight excluding hydrogens is 306 g/mol. The summed E-state index contributed by atoms with van der Waals surface area (Å²) in [6, 6.07) is 0.970. The van der Waals surface area contributed by atoms with E-state index in [1.165, 1.54) is 0 Å². The van der Waals surface area contributed by atoms with Crippen LogP contribution in [0.1, 0.15) is 51.8 Å². The zero-order valence-electron chi connectivity index (χ0n) is 13.6. The highest BCUT2D eigenvalue weighted by atomic mass is 16.6. The van der Waals surface area contributed by atoms with E-state index in [0.29, 0.717) is 0 Å². The van der Waals surface area contributed by atoms with Gasteiger partial charge in [-0.2, -0.15) is 0 Å². The Morgan fingerprint density at radius 2 is 1.43 bits per heavy atom. The van der Waals surface area contributed by atoms with Gasteiger partial charge in [0.05, 0.1) is 31.0 Å². The molecule has 1 aromatic carbocycles. The Labute approximate surface area is 133 Å². The number of nitrogens with two attached hydrogens (primary N) is 1. The molecular formula is C15H19NO7. The predicted molar refractivity (Wildman–Crippen MR) is 80.4 cm³/mol. The molecule has 0 bridgehead atoms. The van der Waals surface area contributed by atoms with E-state index in [4.69, 9.17) is 10.5 Å². The van der Waals surface area contributed by atoms with Gasteiger partial charge in [-0.15, -0.1) is 0 Å². The lowest BCUT2D eigenvalue weighted by Gasteiger charge is -2.22. The van der Waals surface area contributed by atoms with Crippen molar-refractivity contribution in [3.05, 3.63) is 22.8 Å². The molecule has 0 radical (unpaired) electrons. The summed E-state index contributed by atoms with van der Waals surface area (Å²) in [4.78, 5) is 36.3. The Hall–Kier alpha value is -2.77. The SMILES string of the molecule is COC(=O)c1c(O)cc(N)c(C(=O)OC(C)(C)C)c1C(=O)OC. The fourth-order valence-corrected chi connectivity index (χ4v) is 1.85. The lowest BCUT2D eigenvalue weighted by Crippen LogP contribution is -2.27. The quantitative estimate of drug-likeness (QED) is 0.486. The number of carbonyl (C=O) groups excluding carboxylic acids is 3. The lowest BCUT2D eigenvalue weighted by molar-refractivity contribution is 0.00665. The molecule has 0 unspecified atom stereocenters. The molecule has 8 heteroatoms. The Bertz CT molecular complexity index is 659. The van der Waals surface area contributed by atoms with Crippen LogP contribution in [0.4, 0.5) is 5.69 Å². The van der Waals surface area contributed by atoms with E-state index in [1.54, 1.807) is 20.8 Å². The summed E-state index contributed by atoms with van der Waals surface area (Å²) >= 11 is 0. The maximum absolute atomic E-state index is 12.4. The van der Waals surface area contributed by atoms with Gasteiger partial charge in [0, 0.05) is 6.07 Å². The molecule has 0 aliphatic rings. The second-order valence-corrected chi connectivity index (χ2v) is 5.59. The third-order valence-corrected chi connectivity index (χ3v) is 2.72. The van der Waals surface area contributed by atoms with Crippen LogP contribution in [0.2, 0.25) is 0 Å². The van der Waals surface area contributed by atoms with Crippen molar-refractivity contribution in [3.8, 4) is 5.75 Å². The first kappa shape index (κ1) is 18.3. The smallest absolute Gasteiger partial charge is 0.342 e. The van der Waals surface area contributed by atoms with E-state index in [0.717, 1.165) is 20.3 Å². The molecule has 1 aromatic rings. The van der Waals surface area contributed by atoms with Crippen LogP contribution in [0.3, 0.4) is 0 Å². The van der Waals surface area contributed by atoms with Gasteiger partial charge >= 0.3 is 17.9 Å². The number of hydrogen-bond donors (Lipinski definition) is 2. The van der Waals surface area contributed by atoms with Crippen LogP contribution in [-0.2, 0) is 14.2 Å². The molecule has 0 aliphatic carbocycles. The molecule has 23 heavy (non-hydrogen) atoms. The minimum Gasteiger partial charge on any atom is -0.507 e. The number of anilines is 1. The van der Waals surface area contributed by atoms with Crippen LogP contribution in [0.25, 0.3) is 0 Å². The number of rotatable bonds is 3. The van der Waals surface area contributed by atoms with Crippen LogP contribution in [0.5, 0.6) is 5.75 Å². The number of hydrogen-bond acceptors (Lipinski definition) is 8. The zero-order chi connectivity index (χ0) is 17.9. The van der Waals surface area contributed by atoms with Gasteiger partial charge < -0.3 is 25.1 Å². The first-order valence-corrected chi connectivity index (χ1v) is 6.58. The van der Waals surface area contributed by atoms with Gasteiger partial charge in [0.15, 0.2) is 0 Å². The van der Waals surface area contributed by atoms with Crippen molar-refractivity contribution < 1.29 is 33.7 Å². The van der Waals surface area contributed by atoms with E-state index < -0.39 is 40.4 Å². The van der Waals surface area contributed by atoms with Crippen molar-refractivity contribution in [2.24, 2.45) is 0 Å². The summed E-state index contributed by atoms with van der Waals surface area (Å²) in [5.41, 5.74) is 3.23. The van der Waals surface area contributed by atoms with Crippen molar-refractivity contribution in [2.45, 2.75) is 26.4 Å². The number of methoxy groups -OCH3 is 2. The molecule has 126 valence electrons. The average molecular weight is 325 g/mol. The molecule has 0 fully saturated rings. The Morgan fingerprint density at radius 1 is 0.957 bits per heavy atom. The third-order valence-electron chi connectivity index (χ3n) is 2.72. The van der Waals surface area contributed by atoms with Crippen molar-refractivity contribution in [2.75, 3.05) is 20.0 Å². The summed E-state index contributed by atoms with van der Waals surface area (Å²) in [7, 11) is 2.12. The molecule has 3 N–H and O–H groups in total. The molecule has 0 aromatic heterocycles. The molecule has 8 nitrogen and oxygen atoms in total. The highest BCUT2D eigenvalue weighted by Gasteiger charge is 2.33. The Balaban J connectivity index is 3.71. The number of phenolic OH excluding ortho intramolecular Hbond substituents is 1. The van der Waals surface area contributed by atoms with Gasteiger partial charge in [0.25, 0.3) is 0 Å². The molecule has 0 atom stereocenters. The van der Waals surface area contributed by atoms with Crippen LogP contribution >= 0.6 is 0 Å². The van der Waals surface area contributed by atoms with Crippen molar-refractivity contribution >= 4 is 23.6 Å². The van der Waals surface area contributed by atoms with Crippen LogP contribution in [0.15, 0.2) is 6.07 Å². The van der Waals surface area contributed by atoms with Crippen molar-refractivity contribution in [3.63, 3.8) is 0 Å². The number of ether oxygens (including phenoxy) is 3. The fourth-order valence-electron chi connectivity index (χ4n) is 1.85. The zero-order valence-corrected chi connectivity index (χ0v) is 13.6. The molecule has 0 spiro atoms. The second-order valence-electron chi connectivity index (χ2n) is 5.59. The summed E-state index contributed by atoms with van der Waals surface area (Å²) in [6.07, 6.45) is 0. The predicted octanol–water partition coefficient (Wildman–Crippen LogP) is 1.50. The number of carbonyl (C=O) groups is 3. The van der Waals surface area contributed by atoms with Gasteiger partial charge in [-0.25, -0.2) is 14.4 Å². The fraction of sp³-hybridized carbons (Fsp3) is 0.400. The summed E-state index contributed by atoms with van der Waals surface area (Å²) in [5.74, 6) is -3.59. The monoisotopic (exact) mass is 325 g/mol. The van der Waals surface area contributed by atoms with E-state index in [1.807, 2.05) is 0 Å². The number of nitrogen functional groups attached to an aromatic ring is 1. The first-order chi connectivity index (χ1) is 10.5. The van der Waals surface area contributed by atoms with Gasteiger partial charge in [-0.3, -0.25) is 0 Å².